The van der Waals surface area contributed by atoms with Gasteiger partial charge in [0.15, 0.2) is 0 Å². The molecular formula is C24H35N3O2. The fraction of sp³-hybridized carbons (Fsp3) is 0.583. The lowest BCUT2D eigenvalue weighted by molar-refractivity contribution is -0.139. The number of rotatable bonds is 7. The lowest BCUT2D eigenvalue weighted by atomic mass is 9.94. The van der Waals surface area contributed by atoms with Crippen molar-refractivity contribution in [2.24, 2.45) is 5.92 Å². The normalized spacial score (nSPS) is 19.6. The van der Waals surface area contributed by atoms with Crippen LogP contribution in [-0.2, 0) is 9.59 Å². The molecule has 158 valence electrons. The second kappa shape index (κ2) is 10.6. The fourth-order valence-electron chi connectivity index (χ4n) is 4.66. The van der Waals surface area contributed by atoms with Crippen molar-refractivity contribution in [1.29, 1.82) is 0 Å². The molecule has 0 N–H and O–H groups in total. The predicted molar refractivity (Wildman–Crippen MR) is 117 cm³/mol. The Morgan fingerprint density at radius 1 is 1.10 bits per heavy atom. The molecule has 0 spiro atoms. The first-order valence-corrected chi connectivity index (χ1v) is 11.1. The van der Waals surface area contributed by atoms with Gasteiger partial charge in [-0.05, 0) is 36.8 Å². The van der Waals surface area contributed by atoms with Crippen LogP contribution in [0.15, 0.2) is 36.4 Å². The van der Waals surface area contributed by atoms with Crippen LogP contribution in [0.1, 0.15) is 44.6 Å². The number of hydrogen-bond acceptors (Lipinski definition) is 3. The lowest BCUT2D eigenvalue weighted by Crippen LogP contribution is -2.58. The third-order valence-corrected chi connectivity index (χ3v) is 6.27. The second-order valence-electron chi connectivity index (χ2n) is 8.35. The van der Waals surface area contributed by atoms with E-state index < -0.39 is 0 Å². The Labute approximate surface area is 175 Å². The molecule has 1 aromatic carbocycles. The molecular weight excluding hydrogens is 362 g/mol. The monoisotopic (exact) mass is 397 g/mol. The van der Waals surface area contributed by atoms with Crippen molar-refractivity contribution in [3.8, 4) is 0 Å². The minimum atomic E-state index is -0.0221. The van der Waals surface area contributed by atoms with Crippen molar-refractivity contribution in [3.05, 3.63) is 42.0 Å². The predicted octanol–water partition coefficient (Wildman–Crippen LogP) is 3.27. The Morgan fingerprint density at radius 2 is 1.76 bits per heavy atom. The summed E-state index contributed by atoms with van der Waals surface area (Å²) in [5, 5.41) is 0. The van der Waals surface area contributed by atoms with Gasteiger partial charge in [0.1, 0.15) is 0 Å². The summed E-state index contributed by atoms with van der Waals surface area (Å²) in [6.07, 6.45) is 9.28. The van der Waals surface area contributed by atoms with Crippen LogP contribution < -0.4 is 0 Å². The molecule has 1 aliphatic heterocycles. The summed E-state index contributed by atoms with van der Waals surface area (Å²) in [7, 11) is 1.93. The average Bonchev–Trinajstić information content (AvgIpc) is 3.28. The summed E-state index contributed by atoms with van der Waals surface area (Å²) in [6.45, 7) is 5.85. The van der Waals surface area contributed by atoms with Crippen LogP contribution in [0.2, 0.25) is 0 Å². The van der Waals surface area contributed by atoms with Crippen LogP contribution in [0, 0.1) is 5.92 Å². The molecule has 1 aliphatic carbocycles. The molecule has 5 nitrogen and oxygen atoms in total. The summed E-state index contributed by atoms with van der Waals surface area (Å²) < 4.78 is 0. The summed E-state index contributed by atoms with van der Waals surface area (Å²) in [6, 6.07) is 9.88. The minimum absolute atomic E-state index is 0.0221. The van der Waals surface area contributed by atoms with E-state index in [1.807, 2.05) is 53.3 Å². The quantitative estimate of drug-likeness (QED) is 0.663. The van der Waals surface area contributed by atoms with E-state index in [4.69, 9.17) is 0 Å². The van der Waals surface area contributed by atoms with Gasteiger partial charge < -0.3 is 9.80 Å². The number of amides is 2. The molecule has 3 rings (SSSR count). The average molecular weight is 398 g/mol. The van der Waals surface area contributed by atoms with Crippen molar-refractivity contribution in [3.63, 3.8) is 0 Å². The zero-order valence-corrected chi connectivity index (χ0v) is 17.9. The molecule has 5 heteroatoms. The molecule has 2 aliphatic rings. The zero-order chi connectivity index (χ0) is 20.6. The third kappa shape index (κ3) is 5.69. The SMILES string of the molecule is CCCN(C)C(=O)C(C1CCCC1)N1CCN(C(=O)/C=C/c2ccccc2)CC1. The van der Waals surface area contributed by atoms with E-state index in [-0.39, 0.29) is 17.9 Å². The molecule has 2 amide bonds. The van der Waals surface area contributed by atoms with E-state index in [0.29, 0.717) is 19.0 Å². The maximum atomic E-state index is 13.2. The topological polar surface area (TPSA) is 43.9 Å². The summed E-state index contributed by atoms with van der Waals surface area (Å²) in [5.41, 5.74) is 1.03. The van der Waals surface area contributed by atoms with Gasteiger partial charge in [0.2, 0.25) is 11.8 Å². The lowest BCUT2D eigenvalue weighted by Gasteiger charge is -2.41. The van der Waals surface area contributed by atoms with E-state index in [1.54, 1.807) is 6.08 Å². The molecule has 1 saturated heterocycles. The van der Waals surface area contributed by atoms with Gasteiger partial charge in [-0.3, -0.25) is 14.5 Å². The smallest absolute Gasteiger partial charge is 0.246 e. The maximum Gasteiger partial charge on any atom is 0.246 e. The van der Waals surface area contributed by atoms with Crippen molar-refractivity contribution in [2.75, 3.05) is 39.8 Å². The Morgan fingerprint density at radius 3 is 2.38 bits per heavy atom. The van der Waals surface area contributed by atoms with Gasteiger partial charge in [-0.15, -0.1) is 0 Å². The highest BCUT2D eigenvalue weighted by atomic mass is 16.2. The minimum Gasteiger partial charge on any atom is -0.344 e. The first kappa shape index (κ1) is 21.6. The van der Waals surface area contributed by atoms with Gasteiger partial charge in [0.05, 0.1) is 6.04 Å². The molecule has 1 aromatic rings. The van der Waals surface area contributed by atoms with Crippen LogP contribution >= 0.6 is 0 Å². The van der Waals surface area contributed by atoms with Gasteiger partial charge in [0, 0.05) is 45.8 Å². The Balaban J connectivity index is 1.59. The number of piperazine rings is 1. The Kier molecular flexibility index (Phi) is 7.87. The second-order valence-corrected chi connectivity index (χ2v) is 8.35. The molecule has 29 heavy (non-hydrogen) atoms. The van der Waals surface area contributed by atoms with E-state index >= 15 is 0 Å². The van der Waals surface area contributed by atoms with Gasteiger partial charge >= 0.3 is 0 Å². The molecule has 0 aromatic heterocycles. The maximum absolute atomic E-state index is 13.2. The highest BCUT2D eigenvalue weighted by Crippen LogP contribution is 2.32. The van der Waals surface area contributed by atoms with Gasteiger partial charge in [-0.2, -0.15) is 0 Å². The van der Waals surface area contributed by atoms with Crippen LogP contribution in [0.4, 0.5) is 0 Å². The molecule has 2 fully saturated rings. The number of benzene rings is 1. The van der Waals surface area contributed by atoms with Crippen LogP contribution in [-0.4, -0.2) is 72.3 Å². The molecule has 1 atom stereocenters. The molecule has 1 saturated carbocycles. The van der Waals surface area contributed by atoms with Crippen molar-refractivity contribution < 1.29 is 9.59 Å². The summed E-state index contributed by atoms with van der Waals surface area (Å²) in [4.78, 5) is 31.9. The molecule has 1 unspecified atom stereocenters. The third-order valence-electron chi connectivity index (χ3n) is 6.27. The number of hydrogen-bond donors (Lipinski definition) is 0. The summed E-state index contributed by atoms with van der Waals surface area (Å²) >= 11 is 0. The van der Waals surface area contributed by atoms with E-state index in [2.05, 4.69) is 11.8 Å². The largest absolute Gasteiger partial charge is 0.344 e. The van der Waals surface area contributed by atoms with Crippen molar-refractivity contribution >= 4 is 17.9 Å². The highest BCUT2D eigenvalue weighted by molar-refractivity contribution is 5.91. The van der Waals surface area contributed by atoms with Gasteiger partial charge in [-0.1, -0.05) is 50.1 Å². The molecule has 0 radical (unpaired) electrons. The van der Waals surface area contributed by atoms with Gasteiger partial charge in [-0.25, -0.2) is 0 Å². The molecule has 0 bridgehead atoms. The van der Waals surface area contributed by atoms with E-state index in [9.17, 15) is 9.59 Å². The number of carbonyl (C=O) groups excluding carboxylic acids is 2. The van der Waals surface area contributed by atoms with E-state index in [1.165, 1.54) is 12.8 Å². The van der Waals surface area contributed by atoms with Gasteiger partial charge in [0.25, 0.3) is 0 Å². The Hall–Kier alpha value is -2.14. The summed E-state index contributed by atoms with van der Waals surface area (Å²) in [5.74, 6) is 0.782. The van der Waals surface area contributed by atoms with Crippen molar-refractivity contribution in [2.45, 2.75) is 45.1 Å². The standard InChI is InChI=1S/C24H35N3O2/c1-3-15-25(2)24(29)23(21-11-7-8-12-21)27-18-16-26(17-19-27)22(28)14-13-20-9-5-4-6-10-20/h4-6,9-10,13-14,21,23H,3,7-8,11-12,15-19H2,1-2H3/b14-13+. The first-order chi connectivity index (χ1) is 14.1. The number of nitrogens with zero attached hydrogens (tertiary/aromatic N) is 3. The van der Waals surface area contributed by atoms with Crippen LogP contribution in [0.5, 0.6) is 0 Å². The van der Waals surface area contributed by atoms with Crippen LogP contribution in [0.25, 0.3) is 6.08 Å². The molecule has 1 heterocycles. The Bertz CT molecular complexity index is 689. The first-order valence-electron chi connectivity index (χ1n) is 11.1. The number of likely N-dealkylation sites (N-methyl/N-ethyl adjacent to an activating group) is 1. The fourth-order valence-corrected chi connectivity index (χ4v) is 4.66. The van der Waals surface area contributed by atoms with Crippen molar-refractivity contribution in [1.82, 2.24) is 14.7 Å². The number of carbonyl (C=O) groups is 2. The highest BCUT2D eigenvalue weighted by Gasteiger charge is 2.38. The zero-order valence-electron chi connectivity index (χ0n) is 17.9. The van der Waals surface area contributed by atoms with E-state index in [0.717, 1.165) is 44.5 Å². The van der Waals surface area contributed by atoms with Crippen LogP contribution in [0.3, 0.4) is 0 Å².